The van der Waals surface area contributed by atoms with Crippen LogP contribution in [0.5, 0.6) is 0 Å². The van der Waals surface area contributed by atoms with Crippen molar-refractivity contribution in [3.8, 4) is 0 Å². The Bertz CT molecular complexity index is 407. The summed E-state index contributed by atoms with van der Waals surface area (Å²) in [5, 5.41) is 0. The van der Waals surface area contributed by atoms with Crippen LogP contribution >= 0.6 is 0 Å². The molecule has 1 aliphatic heterocycles. The summed E-state index contributed by atoms with van der Waals surface area (Å²) in [6, 6.07) is 0. The fourth-order valence-electron chi connectivity index (χ4n) is 3.05. The first-order valence-corrected chi connectivity index (χ1v) is 9.89. The van der Waals surface area contributed by atoms with E-state index in [9.17, 15) is 14.4 Å². The number of ether oxygens (including phenoxy) is 2. The highest BCUT2D eigenvalue weighted by Gasteiger charge is 2.41. The Hall–Kier alpha value is -1.39. The molecule has 0 N–H and O–H groups in total. The summed E-state index contributed by atoms with van der Waals surface area (Å²) in [5.74, 6) is -0.704. The van der Waals surface area contributed by atoms with Gasteiger partial charge in [0.25, 0.3) is 0 Å². The second-order valence-corrected chi connectivity index (χ2v) is 7.26. The normalized spacial score (nSPS) is 19.6. The lowest BCUT2D eigenvalue weighted by Gasteiger charge is -2.17. The molecule has 5 heteroatoms. The third kappa shape index (κ3) is 9.61. The van der Waals surface area contributed by atoms with Crippen LogP contribution in [0.15, 0.2) is 0 Å². The first kappa shape index (κ1) is 21.7. The molecule has 1 atom stereocenters. The Kier molecular flexibility index (Phi) is 11.2. The lowest BCUT2D eigenvalue weighted by atomic mass is 9.90. The first-order valence-electron chi connectivity index (χ1n) is 9.89. The molecule has 0 unspecified atom stereocenters. The lowest BCUT2D eigenvalue weighted by Crippen LogP contribution is -2.30. The highest BCUT2D eigenvalue weighted by atomic mass is 16.6. The molecule has 0 aliphatic carbocycles. The van der Waals surface area contributed by atoms with Crippen LogP contribution in [0.4, 0.5) is 0 Å². The summed E-state index contributed by atoms with van der Waals surface area (Å²) in [6.07, 6.45) is 14.6. The van der Waals surface area contributed by atoms with Gasteiger partial charge in [0, 0.05) is 6.42 Å². The number of carbonyl (C=O) groups excluding carboxylic acids is 3. The zero-order valence-electron chi connectivity index (χ0n) is 15.7. The topological polar surface area (TPSA) is 69.7 Å². The Morgan fingerprint density at radius 2 is 1.60 bits per heavy atom. The summed E-state index contributed by atoms with van der Waals surface area (Å²) in [7, 11) is 0. The summed E-state index contributed by atoms with van der Waals surface area (Å²) < 4.78 is 9.96. The fourth-order valence-corrected chi connectivity index (χ4v) is 3.05. The monoisotopic (exact) mass is 354 g/mol. The predicted octanol–water partition coefficient (Wildman–Crippen LogP) is 4.36. The predicted molar refractivity (Wildman–Crippen MR) is 96.1 cm³/mol. The number of aldehydes is 1. The molecule has 0 aromatic carbocycles. The van der Waals surface area contributed by atoms with E-state index in [1.54, 1.807) is 0 Å². The van der Waals surface area contributed by atoms with E-state index in [1.165, 1.54) is 51.4 Å². The van der Waals surface area contributed by atoms with Gasteiger partial charge in [0.1, 0.15) is 24.9 Å². The third-order valence-corrected chi connectivity index (χ3v) is 4.77. The molecule has 1 fully saturated rings. The Morgan fingerprint density at radius 1 is 1.04 bits per heavy atom. The molecule has 144 valence electrons. The molecule has 1 heterocycles. The molecule has 0 aromatic rings. The molecule has 0 radical (unpaired) electrons. The molecule has 0 spiro atoms. The van der Waals surface area contributed by atoms with Crippen molar-refractivity contribution in [2.75, 3.05) is 13.2 Å². The summed E-state index contributed by atoms with van der Waals surface area (Å²) in [5.41, 5.74) is -0.968. The Labute approximate surface area is 151 Å². The highest BCUT2D eigenvalue weighted by molar-refractivity contribution is 5.80. The van der Waals surface area contributed by atoms with Crippen LogP contribution in [0, 0.1) is 5.41 Å². The summed E-state index contributed by atoms with van der Waals surface area (Å²) in [4.78, 5) is 34.0. The van der Waals surface area contributed by atoms with Gasteiger partial charge < -0.3 is 14.3 Å². The van der Waals surface area contributed by atoms with Crippen molar-refractivity contribution in [3.63, 3.8) is 0 Å². The molecular weight excluding hydrogens is 320 g/mol. The molecule has 0 amide bonds. The molecule has 1 rings (SSSR count). The van der Waals surface area contributed by atoms with Gasteiger partial charge in [-0.15, -0.1) is 0 Å². The molecular formula is C20H34O5. The number of hydrogen-bond acceptors (Lipinski definition) is 5. The highest BCUT2D eigenvalue weighted by Crippen LogP contribution is 2.27. The van der Waals surface area contributed by atoms with E-state index < -0.39 is 11.4 Å². The number of cyclic esters (lactones) is 1. The first-order chi connectivity index (χ1) is 12.1. The van der Waals surface area contributed by atoms with Gasteiger partial charge in [0.15, 0.2) is 0 Å². The van der Waals surface area contributed by atoms with Gasteiger partial charge in [-0.05, 0) is 6.42 Å². The minimum atomic E-state index is -0.968. The zero-order valence-corrected chi connectivity index (χ0v) is 15.7. The fraction of sp³-hybridized carbons (Fsp3) is 0.850. The smallest absolute Gasteiger partial charge is 0.307 e. The van der Waals surface area contributed by atoms with Crippen LogP contribution in [-0.2, 0) is 23.9 Å². The van der Waals surface area contributed by atoms with E-state index in [1.807, 2.05) is 0 Å². The minimum absolute atomic E-state index is 0.00221. The van der Waals surface area contributed by atoms with Crippen LogP contribution in [0.1, 0.15) is 90.4 Å². The quantitative estimate of drug-likeness (QED) is 0.248. The number of unbranched alkanes of at least 4 members (excludes halogenated alkanes) is 10. The second kappa shape index (κ2) is 12.9. The molecule has 1 saturated heterocycles. The maximum absolute atomic E-state index is 11.7. The van der Waals surface area contributed by atoms with Crippen LogP contribution in [-0.4, -0.2) is 31.4 Å². The third-order valence-electron chi connectivity index (χ3n) is 4.77. The summed E-state index contributed by atoms with van der Waals surface area (Å²) in [6.45, 7) is 2.19. The van der Waals surface area contributed by atoms with Crippen molar-refractivity contribution in [1.29, 1.82) is 0 Å². The van der Waals surface area contributed by atoms with E-state index in [0.717, 1.165) is 19.3 Å². The number of rotatable bonds is 15. The van der Waals surface area contributed by atoms with Gasteiger partial charge in [0.2, 0.25) is 0 Å². The number of carbonyl (C=O) groups is 3. The maximum Gasteiger partial charge on any atom is 0.307 e. The van der Waals surface area contributed by atoms with Gasteiger partial charge in [-0.3, -0.25) is 9.59 Å². The minimum Gasteiger partial charge on any atom is -0.464 e. The lowest BCUT2D eigenvalue weighted by molar-refractivity contribution is -0.148. The van der Waals surface area contributed by atoms with Gasteiger partial charge in [-0.2, -0.15) is 0 Å². The van der Waals surface area contributed by atoms with Crippen molar-refractivity contribution in [2.45, 2.75) is 90.4 Å². The van der Waals surface area contributed by atoms with Crippen LogP contribution in [0.3, 0.4) is 0 Å². The Balaban J connectivity index is 1.93. The average Bonchev–Trinajstić information content (AvgIpc) is 2.99. The largest absolute Gasteiger partial charge is 0.464 e. The zero-order chi connectivity index (χ0) is 18.4. The standard InChI is InChI=1S/C20H34O5/c1-2-3-4-5-6-7-8-9-10-11-12-13-18(22)24-16-20(15-21)14-19(23)25-17-20/h15H,2-14,16-17H2,1H3/t20-/m0/s1. The van der Waals surface area contributed by atoms with Crippen LogP contribution < -0.4 is 0 Å². The SMILES string of the molecule is CCCCCCCCCCCCCC(=O)OC[C@]1(C=O)COC(=O)C1. The van der Waals surface area contributed by atoms with Crippen molar-refractivity contribution >= 4 is 18.2 Å². The molecule has 25 heavy (non-hydrogen) atoms. The van der Waals surface area contributed by atoms with Crippen LogP contribution in [0.2, 0.25) is 0 Å². The van der Waals surface area contributed by atoms with E-state index in [2.05, 4.69) is 6.92 Å². The van der Waals surface area contributed by atoms with E-state index >= 15 is 0 Å². The molecule has 0 bridgehead atoms. The van der Waals surface area contributed by atoms with Gasteiger partial charge in [-0.1, -0.05) is 71.1 Å². The van der Waals surface area contributed by atoms with Gasteiger partial charge in [0.05, 0.1) is 6.42 Å². The van der Waals surface area contributed by atoms with Crippen molar-refractivity contribution in [2.24, 2.45) is 5.41 Å². The number of hydrogen-bond donors (Lipinski definition) is 0. The van der Waals surface area contributed by atoms with E-state index in [-0.39, 0.29) is 25.6 Å². The number of esters is 2. The summed E-state index contributed by atoms with van der Waals surface area (Å²) >= 11 is 0. The maximum atomic E-state index is 11.7. The van der Waals surface area contributed by atoms with Gasteiger partial charge in [-0.25, -0.2) is 0 Å². The molecule has 1 aliphatic rings. The van der Waals surface area contributed by atoms with Crippen molar-refractivity contribution in [3.05, 3.63) is 0 Å². The molecule has 0 aromatic heterocycles. The second-order valence-electron chi connectivity index (χ2n) is 7.26. The van der Waals surface area contributed by atoms with Crippen molar-refractivity contribution < 1.29 is 23.9 Å². The van der Waals surface area contributed by atoms with E-state index in [0.29, 0.717) is 12.7 Å². The molecule has 5 nitrogen and oxygen atoms in total. The Morgan fingerprint density at radius 3 is 2.08 bits per heavy atom. The van der Waals surface area contributed by atoms with Gasteiger partial charge >= 0.3 is 11.9 Å². The average molecular weight is 354 g/mol. The van der Waals surface area contributed by atoms with Crippen LogP contribution in [0.25, 0.3) is 0 Å². The van der Waals surface area contributed by atoms with Crippen molar-refractivity contribution in [1.82, 2.24) is 0 Å². The van der Waals surface area contributed by atoms with E-state index in [4.69, 9.17) is 9.47 Å². The molecule has 0 saturated carbocycles.